The number of rotatable bonds is 2. The molecule has 2 heterocycles. The molecule has 0 aromatic carbocycles. The van der Waals surface area contributed by atoms with Crippen LogP contribution >= 0.6 is 0 Å². The summed E-state index contributed by atoms with van der Waals surface area (Å²) in [6, 6.07) is 0. The maximum Gasteiger partial charge on any atom is 0.00272 e. The van der Waals surface area contributed by atoms with Crippen LogP contribution in [0.5, 0.6) is 0 Å². The third kappa shape index (κ3) is 4.59. The van der Waals surface area contributed by atoms with Gasteiger partial charge in [-0.2, -0.15) is 0 Å². The Kier molecular flexibility index (Phi) is 5.94. The van der Waals surface area contributed by atoms with Gasteiger partial charge in [0, 0.05) is 19.6 Å². The third-order valence-corrected chi connectivity index (χ3v) is 4.16. The standard InChI is InChI=1S/C13H26N2.C2H6/c1-13(2,3)12-9-15(10-12)8-11-4-6-14-7-5-11;1-2/h11-12,14H,4-10H2,1-3H3;1-2H3. The van der Waals surface area contributed by atoms with E-state index in [2.05, 4.69) is 31.0 Å². The smallest absolute Gasteiger partial charge is 0.00272 e. The van der Waals surface area contributed by atoms with Crippen LogP contribution in [0.3, 0.4) is 0 Å². The lowest BCUT2D eigenvalue weighted by atomic mass is 9.75. The zero-order chi connectivity index (χ0) is 12.9. The van der Waals surface area contributed by atoms with Crippen molar-refractivity contribution in [3.63, 3.8) is 0 Å². The van der Waals surface area contributed by atoms with E-state index in [1.807, 2.05) is 13.8 Å². The Bertz CT molecular complexity index is 195. The predicted molar refractivity (Wildman–Crippen MR) is 76.3 cm³/mol. The molecule has 2 fully saturated rings. The van der Waals surface area contributed by atoms with E-state index in [0.29, 0.717) is 5.41 Å². The fraction of sp³-hybridized carbons (Fsp3) is 1.00. The van der Waals surface area contributed by atoms with Gasteiger partial charge in [0.2, 0.25) is 0 Å². The minimum Gasteiger partial charge on any atom is -0.317 e. The lowest BCUT2D eigenvalue weighted by molar-refractivity contribution is 0.0108. The molecule has 0 aromatic heterocycles. The number of nitrogens with zero attached hydrogens (tertiary/aromatic N) is 1. The maximum absolute atomic E-state index is 3.44. The number of hydrogen-bond acceptors (Lipinski definition) is 2. The van der Waals surface area contributed by atoms with Gasteiger partial charge in [0.15, 0.2) is 0 Å². The van der Waals surface area contributed by atoms with E-state index in [1.54, 1.807) is 0 Å². The highest BCUT2D eigenvalue weighted by molar-refractivity contribution is 4.89. The largest absolute Gasteiger partial charge is 0.317 e. The Hall–Kier alpha value is -0.0800. The lowest BCUT2D eigenvalue weighted by Gasteiger charge is -2.47. The number of piperidine rings is 1. The van der Waals surface area contributed by atoms with Gasteiger partial charge in [-0.25, -0.2) is 0 Å². The molecule has 0 amide bonds. The van der Waals surface area contributed by atoms with Crippen molar-refractivity contribution in [2.75, 3.05) is 32.7 Å². The summed E-state index contributed by atoms with van der Waals surface area (Å²) < 4.78 is 0. The van der Waals surface area contributed by atoms with Gasteiger partial charge in [-0.1, -0.05) is 34.6 Å². The van der Waals surface area contributed by atoms with Crippen LogP contribution < -0.4 is 5.32 Å². The van der Waals surface area contributed by atoms with Crippen molar-refractivity contribution in [3.8, 4) is 0 Å². The molecule has 0 radical (unpaired) electrons. The molecule has 2 rings (SSSR count). The highest BCUT2D eigenvalue weighted by Crippen LogP contribution is 2.34. The van der Waals surface area contributed by atoms with Gasteiger partial charge in [0.05, 0.1) is 0 Å². The fourth-order valence-electron chi connectivity index (χ4n) is 2.70. The SMILES string of the molecule is CC.CC(C)(C)C1CN(CC2CCNCC2)C1. The summed E-state index contributed by atoms with van der Waals surface area (Å²) in [5.74, 6) is 1.89. The molecule has 0 aliphatic carbocycles. The molecule has 0 spiro atoms. The first-order chi connectivity index (χ1) is 8.05. The summed E-state index contributed by atoms with van der Waals surface area (Å²) in [5.41, 5.74) is 0.518. The van der Waals surface area contributed by atoms with E-state index in [4.69, 9.17) is 0 Å². The van der Waals surface area contributed by atoms with Crippen LogP contribution in [0.4, 0.5) is 0 Å². The van der Waals surface area contributed by atoms with Gasteiger partial charge in [-0.05, 0) is 43.2 Å². The summed E-state index contributed by atoms with van der Waals surface area (Å²) in [6.45, 7) is 17.6. The molecule has 17 heavy (non-hydrogen) atoms. The number of nitrogens with one attached hydrogen (secondary N) is 1. The van der Waals surface area contributed by atoms with E-state index < -0.39 is 0 Å². The van der Waals surface area contributed by atoms with Crippen LogP contribution in [0, 0.1) is 17.3 Å². The molecule has 1 N–H and O–H groups in total. The first kappa shape index (κ1) is 15.0. The van der Waals surface area contributed by atoms with Crippen molar-refractivity contribution in [3.05, 3.63) is 0 Å². The molecule has 2 nitrogen and oxygen atoms in total. The maximum atomic E-state index is 3.44. The zero-order valence-electron chi connectivity index (χ0n) is 12.6. The lowest BCUT2D eigenvalue weighted by Crippen LogP contribution is -2.53. The molecule has 2 heteroatoms. The molecule has 0 unspecified atom stereocenters. The van der Waals surface area contributed by atoms with Gasteiger partial charge >= 0.3 is 0 Å². The Morgan fingerprint density at radius 3 is 2.06 bits per heavy atom. The molecule has 0 atom stereocenters. The molecule has 0 bridgehead atoms. The molecular formula is C15H32N2. The van der Waals surface area contributed by atoms with Crippen molar-refractivity contribution < 1.29 is 0 Å². The minimum absolute atomic E-state index is 0.518. The highest BCUT2D eigenvalue weighted by Gasteiger charge is 2.36. The summed E-state index contributed by atoms with van der Waals surface area (Å²) >= 11 is 0. The van der Waals surface area contributed by atoms with E-state index in [0.717, 1.165) is 11.8 Å². The molecule has 102 valence electrons. The van der Waals surface area contributed by atoms with Crippen molar-refractivity contribution in [2.24, 2.45) is 17.3 Å². The van der Waals surface area contributed by atoms with E-state index in [-0.39, 0.29) is 0 Å². The van der Waals surface area contributed by atoms with Gasteiger partial charge < -0.3 is 10.2 Å². The Morgan fingerprint density at radius 2 is 1.59 bits per heavy atom. The first-order valence-corrected chi connectivity index (χ1v) is 7.49. The second kappa shape index (κ2) is 6.75. The van der Waals surface area contributed by atoms with Crippen LogP contribution in [0.15, 0.2) is 0 Å². The molecule has 2 saturated heterocycles. The van der Waals surface area contributed by atoms with Gasteiger partial charge in [0.25, 0.3) is 0 Å². The predicted octanol–water partition coefficient (Wildman–Crippen LogP) is 2.99. The average molecular weight is 240 g/mol. The first-order valence-electron chi connectivity index (χ1n) is 7.49. The Balaban J connectivity index is 0.000000686. The van der Waals surface area contributed by atoms with Crippen molar-refractivity contribution in [2.45, 2.75) is 47.5 Å². The molecular weight excluding hydrogens is 208 g/mol. The fourth-order valence-corrected chi connectivity index (χ4v) is 2.70. The van der Waals surface area contributed by atoms with Crippen molar-refractivity contribution in [1.29, 1.82) is 0 Å². The summed E-state index contributed by atoms with van der Waals surface area (Å²) in [4.78, 5) is 2.66. The van der Waals surface area contributed by atoms with Gasteiger partial charge in [-0.15, -0.1) is 0 Å². The quantitative estimate of drug-likeness (QED) is 0.798. The second-order valence-electron chi connectivity index (χ2n) is 6.47. The summed E-state index contributed by atoms with van der Waals surface area (Å²) in [5, 5.41) is 3.44. The molecule has 0 aromatic rings. The third-order valence-electron chi connectivity index (χ3n) is 4.16. The topological polar surface area (TPSA) is 15.3 Å². The average Bonchev–Trinajstić information content (AvgIpc) is 2.25. The van der Waals surface area contributed by atoms with Crippen LogP contribution in [0.2, 0.25) is 0 Å². The minimum atomic E-state index is 0.518. The van der Waals surface area contributed by atoms with E-state index >= 15 is 0 Å². The monoisotopic (exact) mass is 240 g/mol. The molecule has 0 saturated carbocycles. The zero-order valence-corrected chi connectivity index (χ0v) is 12.6. The van der Waals surface area contributed by atoms with Crippen LogP contribution in [-0.2, 0) is 0 Å². The Labute approximate surface area is 108 Å². The van der Waals surface area contributed by atoms with E-state index in [1.165, 1.54) is 45.6 Å². The van der Waals surface area contributed by atoms with Crippen LogP contribution in [-0.4, -0.2) is 37.6 Å². The van der Waals surface area contributed by atoms with Gasteiger partial charge in [0.1, 0.15) is 0 Å². The number of hydrogen-bond donors (Lipinski definition) is 1. The molecule has 2 aliphatic rings. The second-order valence-corrected chi connectivity index (χ2v) is 6.47. The van der Waals surface area contributed by atoms with Crippen molar-refractivity contribution in [1.82, 2.24) is 10.2 Å². The highest BCUT2D eigenvalue weighted by atomic mass is 15.2. The summed E-state index contributed by atoms with van der Waals surface area (Å²) in [6.07, 6.45) is 2.77. The van der Waals surface area contributed by atoms with Crippen molar-refractivity contribution >= 4 is 0 Å². The number of likely N-dealkylation sites (tertiary alicyclic amines) is 1. The Morgan fingerprint density at radius 1 is 1.06 bits per heavy atom. The normalized spacial score (nSPS) is 23.8. The van der Waals surface area contributed by atoms with Crippen LogP contribution in [0.1, 0.15) is 47.5 Å². The summed E-state index contributed by atoms with van der Waals surface area (Å²) in [7, 11) is 0. The van der Waals surface area contributed by atoms with Crippen LogP contribution in [0.25, 0.3) is 0 Å². The van der Waals surface area contributed by atoms with Gasteiger partial charge in [-0.3, -0.25) is 0 Å². The van der Waals surface area contributed by atoms with E-state index in [9.17, 15) is 0 Å². The molecule has 2 aliphatic heterocycles.